The van der Waals surface area contributed by atoms with Gasteiger partial charge in [0.15, 0.2) is 11.6 Å². The summed E-state index contributed by atoms with van der Waals surface area (Å²) in [6, 6.07) is 4.18. The van der Waals surface area contributed by atoms with Gasteiger partial charge in [0.05, 0.1) is 12.2 Å². The summed E-state index contributed by atoms with van der Waals surface area (Å²) in [4.78, 5) is 6.73. The van der Waals surface area contributed by atoms with E-state index in [2.05, 4.69) is 15.2 Å². The van der Waals surface area contributed by atoms with Crippen molar-refractivity contribution in [2.45, 2.75) is 6.54 Å². The Balaban J connectivity index is 1.77. The molecule has 0 radical (unpaired) electrons. The normalized spacial score (nSPS) is 16.5. The summed E-state index contributed by atoms with van der Waals surface area (Å²) in [5, 5.41) is 6.02. The highest BCUT2D eigenvalue weighted by molar-refractivity contribution is 7.09. The number of thiazole rings is 1. The molecule has 6 heteroatoms. The van der Waals surface area contributed by atoms with E-state index in [0.29, 0.717) is 5.69 Å². The lowest BCUT2D eigenvalue weighted by Gasteiger charge is -2.26. The van der Waals surface area contributed by atoms with E-state index in [1.54, 1.807) is 11.4 Å². The van der Waals surface area contributed by atoms with E-state index in [1.807, 2.05) is 0 Å². The average molecular weight is 295 g/mol. The highest BCUT2D eigenvalue weighted by Gasteiger charge is 2.15. The first-order valence-electron chi connectivity index (χ1n) is 6.56. The highest BCUT2D eigenvalue weighted by atomic mass is 32.1. The smallest absolute Gasteiger partial charge is 0.168 e. The molecule has 1 aromatic carbocycles. The van der Waals surface area contributed by atoms with Gasteiger partial charge < -0.3 is 5.32 Å². The summed E-state index contributed by atoms with van der Waals surface area (Å²) in [5.74, 6) is -1.66. The summed E-state index contributed by atoms with van der Waals surface area (Å²) < 4.78 is 27.0. The Morgan fingerprint density at radius 1 is 1.25 bits per heavy atom. The van der Waals surface area contributed by atoms with E-state index in [0.717, 1.165) is 43.8 Å². The Morgan fingerprint density at radius 2 is 2.05 bits per heavy atom. The molecule has 1 N–H and O–H groups in total. The first-order chi connectivity index (χ1) is 9.74. The second-order valence-electron chi connectivity index (χ2n) is 4.75. The maximum atomic E-state index is 13.7. The number of halogens is 2. The van der Waals surface area contributed by atoms with Gasteiger partial charge in [0, 0.05) is 37.1 Å². The van der Waals surface area contributed by atoms with E-state index in [4.69, 9.17) is 0 Å². The van der Waals surface area contributed by atoms with Gasteiger partial charge in [-0.15, -0.1) is 11.3 Å². The van der Waals surface area contributed by atoms with Crippen LogP contribution in [0.1, 0.15) is 5.01 Å². The van der Waals surface area contributed by atoms with Crippen molar-refractivity contribution in [1.29, 1.82) is 0 Å². The van der Waals surface area contributed by atoms with Gasteiger partial charge in [-0.2, -0.15) is 0 Å². The molecule has 0 atom stereocenters. The lowest BCUT2D eigenvalue weighted by molar-refractivity contribution is 0.233. The second kappa shape index (κ2) is 5.95. The zero-order chi connectivity index (χ0) is 13.9. The van der Waals surface area contributed by atoms with Gasteiger partial charge in [0.25, 0.3) is 0 Å². The molecule has 106 valence electrons. The van der Waals surface area contributed by atoms with Gasteiger partial charge in [-0.25, -0.2) is 13.8 Å². The first-order valence-corrected chi connectivity index (χ1v) is 7.44. The molecule has 1 aliphatic heterocycles. The summed E-state index contributed by atoms with van der Waals surface area (Å²) in [6.45, 7) is 4.71. The molecule has 3 nitrogen and oxygen atoms in total. The fourth-order valence-corrected chi connectivity index (χ4v) is 3.10. The predicted octanol–water partition coefficient (Wildman–Crippen LogP) is 2.49. The number of hydrogen-bond donors (Lipinski definition) is 1. The van der Waals surface area contributed by atoms with Crippen molar-refractivity contribution in [3.05, 3.63) is 40.2 Å². The van der Waals surface area contributed by atoms with Crippen LogP contribution in [0.2, 0.25) is 0 Å². The minimum absolute atomic E-state index is 0.229. The van der Waals surface area contributed by atoms with Gasteiger partial charge in [0.2, 0.25) is 0 Å². The van der Waals surface area contributed by atoms with Gasteiger partial charge in [-0.3, -0.25) is 4.90 Å². The van der Waals surface area contributed by atoms with Gasteiger partial charge >= 0.3 is 0 Å². The van der Waals surface area contributed by atoms with Crippen LogP contribution in [0.25, 0.3) is 11.3 Å². The third kappa shape index (κ3) is 2.87. The zero-order valence-electron chi connectivity index (χ0n) is 10.9. The topological polar surface area (TPSA) is 28.2 Å². The van der Waals surface area contributed by atoms with Crippen LogP contribution in [0.4, 0.5) is 8.78 Å². The third-order valence-electron chi connectivity index (χ3n) is 3.35. The van der Waals surface area contributed by atoms with Crippen LogP contribution in [-0.2, 0) is 6.54 Å². The largest absolute Gasteiger partial charge is 0.314 e. The van der Waals surface area contributed by atoms with E-state index in [1.165, 1.54) is 17.4 Å². The Labute approximate surface area is 120 Å². The average Bonchev–Trinajstić information content (AvgIpc) is 2.91. The minimum Gasteiger partial charge on any atom is -0.314 e. The Bertz CT molecular complexity index is 594. The molecule has 1 saturated heterocycles. The van der Waals surface area contributed by atoms with Crippen LogP contribution < -0.4 is 5.32 Å². The zero-order valence-corrected chi connectivity index (χ0v) is 11.7. The van der Waals surface area contributed by atoms with Crippen molar-refractivity contribution in [3.8, 4) is 11.3 Å². The molecule has 0 amide bonds. The molecule has 2 aromatic rings. The molecule has 0 spiro atoms. The summed E-state index contributed by atoms with van der Waals surface area (Å²) in [7, 11) is 0. The Morgan fingerprint density at radius 3 is 2.85 bits per heavy atom. The van der Waals surface area contributed by atoms with Crippen LogP contribution in [0.5, 0.6) is 0 Å². The number of rotatable bonds is 3. The molecule has 0 saturated carbocycles. The number of benzene rings is 1. The van der Waals surface area contributed by atoms with E-state index >= 15 is 0 Å². The van der Waals surface area contributed by atoms with Gasteiger partial charge in [0.1, 0.15) is 5.01 Å². The van der Waals surface area contributed by atoms with Crippen molar-refractivity contribution >= 4 is 11.3 Å². The fraction of sp³-hybridized carbons (Fsp3) is 0.357. The molecule has 1 fully saturated rings. The summed E-state index contributed by atoms with van der Waals surface area (Å²) in [5.41, 5.74) is 0.741. The molecule has 3 rings (SSSR count). The first kappa shape index (κ1) is 13.6. The molecule has 0 unspecified atom stereocenters. The van der Waals surface area contributed by atoms with Crippen molar-refractivity contribution in [3.63, 3.8) is 0 Å². The van der Waals surface area contributed by atoms with E-state index in [9.17, 15) is 8.78 Å². The maximum absolute atomic E-state index is 13.7. The van der Waals surface area contributed by atoms with E-state index < -0.39 is 11.6 Å². The summed E-state index contributed by atoms with van der Waals surface area (Å²) >= 11 is 1.49. The SMILES string of the molecule is Fc1cccc(-c2csc(CN3CCNCC3)n2)c1F. The molecule has 1 aromatic heterocycles. The Kier molecular flexibility index (Phi) is 4.05. The van der Waals surface area contributed by atoms with Crippen LogP contribution in [0.15, 0.2) is 23.6 Å². The van der Waals surface area contributed by atoms with Crippen molar-refractivity contribution in [2.24, 2.45) is 0 Å². The second-order valence-corrected chi connectivity index (χ2v) is 5.70. The predicted molar refractivity (Wildman–Crippen MR) is 75.6 cm³/mol. The maximum Gasteiger partial charge on any atom is 0.168 e. The quantitative estimate of drug-likeness (QED) is 0.943. The van der Waals surface area contributed by atoms with Gasteiger partial charge in [-0.1, -0.05) is 6.07 Å². The lowest BCUT2D eigenvalue weighted by atomic mass is 10.1. The molecule has 20 heavy (non-hydrogen) atoms. The number of nitrogens with zero attached hydrogens (tertiary/aromatic N) is 2. The molecule has 1 aliphatic rings. The molecular weight excluding hydrogens is 280 g/mol. The fourth-order valence-electron chi connectivity index (χ4n) is 2.27. The van der Waals surface area contributed by atoms with Crippen LogP contribution >= 0.6 is 11.3 Å². The van der Waals surface area contributed by atoms with Gasteiger partial charge in [-0.05, 0) is 12.1 Å². The molecule has 0 aliphatic carbocycles. The standard InChI is InChI=1S/C14H15F2N3S/c15-11-3-1-2-10(14(11)16)12-9-20-13(18-12)8-19-6-4-17-5-7-19/h1-3,9,17H,4-8H2. The monoisotopic (exact) mass is 295 g/mol. The number of piperazine rings is 1. The Hall–Kier alpha value is -1.37. The number of hydrogen-bond acceptors (Lipinski definition) is 4. The van der Waals surface area contributed by atoms with Crippen molar-refractivity contribution < 1.29 is 8.78 Å². The minimum atomic E-state index is -0.834. The van der Waals surface area contributed by atoms with Crippen LogP contribution in [0.3, 0.4) is 0 Å². The number of nitrogens with one attached hydrogen (secondary N) is 1. The number of aromatic nitrogens is 1. The molecule has 0 bridgehead atoms. The highest BCUT2D eigenvalue weighted by Crippen LogP contribution is 2.26. The van der Waals surface area contributed by atoms with Crippen molar-refractivity contribution in [1.82, 2.24) is 15.2 Å². The van der Waals surface area contributed by atoms with E-state index in [-0.39, 0.29) is 5.56 Å². The van der Waals surface area contributed by atoms with Crippen molar-refractivity contribution in [2.75, 3.05) is 26.2 Å². The van der Waals surface area contributed by atoms with Crippen LogP contribution in [0, 0.1) is 11.6 Å². The third-order valence-corrected chi connectivity index (χ3v) is 4.18. The molecular formula is C14H15F2N3S. The lowest BCUT2D eigenvalue weighted by Crippen LogP contribution is -2.42. The summed E-state index contributed by atoms with van der Waals surface area (Å²) in [6.07, 6.45) is 0. The van der Waals surface area contributed by atoms with Crippen LogP contribution in [-0.4, -0.2) is 36.1 Å². The molecule has 2 heterocycles.